The van der Waals surface area contributed by atoms with E-state index in [1.807, 2.05) is 6.20 Å². The van der Waals surface area contributed by atoms with Gasteiger partial charge >= 0.3 is 0 Å². The van der Waals surface area contributed by atoms with Gasteiger partial charge in [0, 0.05) is 22.4 Å². The number of pyridine rings is 1. The molecule has 2 heteroatoms. The summed E-state index contributed by atoms with van der Waals surface area (Å²) in [5.41, 5.74) is 7.06. The van der Waals surface area contributed by atoms with E-state index in [1.54, 1.807) is 0 Å². The third-order valence-electron chi connectivity index (χ3n) is 10.3. The molecule has 0 N–H and O–H groups in total. The molecular weight excluding hydrogens is 569 g/mol. The summed E-state index contributed by atoms with van der Waals surface area (Å²) in [5.74, 6) is 0. The van der Waals surface area contributed by atoms with Crippen molar-refractivity contribution in [3.8, 4) is 16.8 Å². The van der Waals surface area contributed by atoms with Gasteiger partial charge in [0.2, 0.25) is 0 Å². The number of fused-ring (bicyclic) bond motifs is 7. The van der Waals surface area contributed by atoms with Crippen LogP contribution in [0.25, 0.3) is 103 Å². The first-order valence-electron chi connectivity index (χ1n) is 16.2. The lowest BCUT2D eigenvalue weighted by atomic mass is 9.88. The Morgan fingerprint density at radius 3 is 1.79 bits per heavy atom. The summed E-state index contributed by atoms with van der Waals surface area (Å²) < 4.78 is 2.49. The molecule has 0 aliphatic rings. The second-order valence-electron chi connectivity index (χ2n) is 12.7. The van der Waals surface area contributed by atoms with E-state index in [1.165, 1.54) is 92.4 Å². The summed E-state index contributed by atoms with van der Waals surface area (Å²) in [6.07, 6.45) is 1.93. The minimum absolute atomic E-state index is 1.03. The monoisotopic (exact) mass is 594 g/mol. The molecule has 0 fully saturated rings. The Bertz CT molecular complexity index is 2990. The molecule has 2 heterocycles. The Balaban J connectivity index is 1.36. The lowest BCUT2D eigenvalue weighted by Crippen LogP contribution is -1.99. The molecule has 11 aromatic rings. The van der Waals surface area contributed by atoms with Crippen molar-refractivity contribution in [2.75, 3.05) is 0 Å². The first kappa shape index (κ1) is 25.0. The van der Waals surface area contributed by atoms with Crippen LogP contribution in [0.2, 0.25) is 0 Å². The summed E-state index contributed by atoms with van der Waals surface area (Å²) >= 11 is 0. The molecule has 216 valence electrons. The van der Waals surface area contributed by atoms with Gasteiger partial charge in [0.1, 0.15) is 0 Å². The minimum Gasteiger partial charge on any atom is -0.306 e. The Morgan fingerprint density at radius 2 is 1.00 bits per heavy atom. The van der Waals surface area contributed by atoms with Crippen LogP contribution in [-0.4, -0.2) is 9.55 Å². The molecule has 0 saturated heterocycles. The molecule has 0 radical (unpaired) electrons. The van der Waals surface area contributed by atoms with E-state index in [4.69, 9.17) is 4.98 Å². The Hall–Kier alpha value is -6.25. The third-order valence-corrected chi connectivity index (χ3v) is 10.3. The van der Waals surface area contributed by atoms with Gasteiger partial charge in [-0.2, -0.15) is 0 Å². The Kier molecular flexibility index (Phi) is 4.87. The fourth-order valence-electron chi connectivity index (χ4n) is 8.44. The second-order valence-corrected chi connectivity index (χ2v) is 12.7. The van der Waals surface area contributed by atoms with E-state index in [0.29, 0.717) is 0 Å². The van der Waals surface area contributed by atoms with Gasteiger partial charge in [-0.15, -0.1) is 0 Å². The van der Waals surface area contributed by atoms with Crippen LogP contribution >= 0.6 is 0 Å². The Labute approximate surface area is 270 Å². The molecule has 0 atom stereocenters. The van der Waals surface area contributed by atoms with Crippen LogP contribution in [-0.2, 0) is 0 Å². The summed E-state index contributed by atoms with van der Waals surface area (Å²) in [6.45, 7) is 0. The molecule has 0 aliphatic carbocycles. The SMILES string of the molecule is c1ccc2c(-c3c4ccccc4c(-n4c5cccnc5c5c6ccc7cccc8ccc(cc54)c6c87)c4ccccc34)cccc2c1. The molecule has 0 spiro atoms. The zero-order valence-corrected chi connectivity index (χ0v) is 25.4. The van der Waals surface area contributed by atoms with Crippen molar-refractivity contribution in [1.29, 1.82) is 0 Å². The molecule has 47 heavy (non-hydrogen) atoms. The molecule has 9 aromatic carbocycles. The molecule has 11 rings (SSSR count). The van der Waals surface area contributed by atoms with Gasteiger partial charge in [0.05, 0.1) is 22.2 Å². The highest BCUT2D eigenvalue weighted by molar-refractivity contribution is 6.33. The van der Waals surface area contributed by atoms with Crippen LogP contribution < -0.4 is 0 Å². The van der Waals surface area contributed by atoms with Crippen molar-refractivity contribution in [3.05, 3.63) is 158 Å². The van der Waals surface area contributed by atoms with Gasteiger partial charge in [-0.25, -0.2) is 0 Å². The molecule has 2 aromatic heterocycles. The summed E-state index contributed by atoms with van der Waals surface area (Å²) in [5, 5.41) is 16.4. The number of nitrogens with zero attached hydrogens (tertiary/aromatic N) is 2. The number of aromatic nitrogens is 2. The Morgan fingerprint density at radius 1 is 0.383 bits per heavy atom. The van der Waals surface area contributed by atoms with Crippen molar-refractivity contribution < 1.29 is 0 Å². The molecule has 0 aliphatic heterocycles. The quantitative estimate of drug-likeness (QED) is 0.144. The highest BCUT2D eigenvalue weighted by Gasteiger charge is 2.23. The lowest BCUT2D eigenvalue weighted by molar-refractivity contribution is 1.21. The standard InChI is InChI=1S/C45H26N2/c1-2-14-31-27(10-1)11-8-19-32(31)42-33-15-3-5-17-35(33)45(36-18-6-4-16-34(36)42)47-38-20-9-25-46-44(38)43-37-24-23-29-13-7-12-28-21-22-30(26-39(43)47)41(37)40(28)29/h1-26H. The highest BCUT2D eigenvalue weighted by atomic mass is 15.0. The second kappa shape index (κ2) is 9.15. The lowest BCUT2D eigenvalue weighted by Gasteiger charge is -2.20. The van der Waals surface area contributed by atoms with E-state index >= 15 is 0 Å². The first-order valence-corrected chi connectivity index (χ1v) is 16.2. The molecule has 0 bridgehead atoms. The zero-order valence-electron chi connectivity index (χ0n) is 25.4. The molecule has 0 saturated carbocycles. The average Bonchev–Trinajstić information content (AvgIpc) is 3.46. The van der Waals surface area contributed by atoms with E-state index in [9.17, 15) is 0 Å². The number of hydrogen-bond acceptors (Lipinski definition) is 1. The van der Waals surface area contributed by atoms with Gasteiger partial charge in [0.15, 0.2) is 0 Å². The van der Waals surface area contributed by atoms with Crippen molar-refractivity contribution in [3.63, 3.8) is 0 Å². The van der Waals surface area contributed by atoms with Crippen molar-refractivity contribution in [1.82, 2.24) is 9.55 Å². The van der Waals surface area contributed by atoms with Gasteiger partial charge in [-0.05, 0) is 83.2 Å². The first-order chi connectivity index (χ1) is 23.3. The van der Waals surface area contributed by atoms with Gasteiger partial charge in [0.25, 0.3) is 0 Å². The van der Waals surface area contributed by atoms with Crippen molar-refractivity contribution >= 4 is 86.6 Å². The molecule has 0 unspecified atom stereocenters. The minimum atomic E-state index is 1.03. The largest absolute Gasteiger partial charge is 0.306 e. The third kappa shape index (κ3) is 3.26. The topological polar surface area (TPSA) is 17.8 Å². The maximum atomic E-state index is 5.08. The van der Waals surface area contributed by atoms with Gasteiger partial charge in [-0.1, -0.05) is 133 Å². The van der Waals surface area contributed by atoms with Crippen LogP contribution in [0.3, 0.4) is 0 Å². The predicted octanol–water partition coefficient (Wildman–Crippen LogP) is 12.2. The number of hydrogen-bond donors (Lipinski definition) is 0. The van der Waals surface area contributed by atoms with Crippen LogP contribution in [0.1, 0.15) is 0 Å². The number of rotatable bonds is 2. The molecule has 0 amide bonds. The average molecular weight is 595 g/mol. The maximum Gasteiger partial charge on any atom is 0.0969 e. The van der Waals surface area contributed by atoms with Gasteiger partial charge in [-0.3, -0.25) is 4.98 Å². The van der Waals surface area contributed by atoms with Crippen LogP contribution in [0.5, 0.6) is 0 Å². The molecule has 2 nitrogen and oxygen atoms in total. The zero-order chi connectivity index (χ0) is 30.6. The van der Waals surface area contributed by atoms with E-state index in [-0.39, 0.29) is 0 Å². The van der Waals surface area contributed by atoms with E-state index < -0.39 is 0 Å². The van der Waals surface area contributed by atoms with E-state index in [0.717, 1.165) is 11.0 Å². The maximum absolute atomic E-state index is 5.08. The summed E-state index contributed by atoms with van der Waals surface area (Å²) in [7, 11) is 0. The predicted molar refractivity (Wildman–Crippen MR) is 200 cm³/mol. The van der Waals surface area contributed by atoms with Gasteiger partial charge < -0.3 is 4.57 Å². The van der Waals surface area contributed by atoms with Crippen LogP contribution in [0.15, 0.2) is 158 Å². The number of benzene rings is 9. The van der Waals surface area contributed by atoms with Crippen LogP contribution in [0, 0.1) is 0 Å². The fraction of sp³-hybridized carbons (Fsp3) is 0. The van der Waals surface area contributed by atoms with Crippen molar-refractivity contribution in [2.45, 2.75) is 0 Å². The normalized spacial score (nSPS) is 12.3. The fourth-order valence-corrected chi connectivity index (χ4v) is 8.44. The molecular formula is C45H26N2. The smallest absolute Gasteiger partial charge is 0.0969 e. The van der Waals surface area contributed by atoms with E-state index in [2.05, 4.69) is 156 Å². The summed E-state index contributed by atoms with van der Waals surface area (Å²) in [6, 6.07) is 55.7. The summed E-state index contributed by atoms with van der Waals surface area (Å²) in [4.78, 5) is 5.08. The van der Waals surface area contributed by atoms with Crippen molar-refractivity contribution in [2.24, 2.45) is 0 Å². The van der Waals surface area contributed by atoms with Crippen LogP contribution in [0.4, 0.5) is 0 Å². The highest BCUT2D eigenvalue weighted by Crippen LogP contribution is 2.47.